The first-order valence-corrected chi connectivity index (χ1v) is 6.24. The van der Waals surface area contributed by atoms with Crippen molar-refractivity contribution in [1.82, 2.24) is 5.32 Å². The Labute approximate surface area is 114 Å². The van der Waals surface area contributed by atoms with Crippen LogP contribution in [0.2, 0.25) is 5.02 Å². The van der Waals surface area contributed by atoms with E-state index in [9.17, 15) is 0 Å². The minimum Gasteiger partial charge on any atom is -0.496 e. The Kier molecular flexibility index (Phi) is 5.01. The summed E-state index contributed by atoms with van der Waals surface area (Å²) in [4.78, 5) is 0. The fraction of sp³-hybridized carbons (Fsp3) is 0.500. The zero-order valence-corrected chi connectivity index (χ0v) is 12.3. The number of nitriles is 1. The third-order valence-electron chi connectivity index (χ3n) is 3.41. The summed E-state index contributed by atoms with van der Waals surface area (Å²) in [7, 11) is 3.49. The van der Waals surface area contributed by atoms with Crippen LogP contribution in [-0.4, -0.2) is 14.2 Å². The summed E-state index contributed by atoms with van der Waals surface area (Å²) < 4.78 is 5.51. The summed E-state index contributed by atoms with van der Waals surface area (Å²) in [5.41, 5.74) is 4.02. The third kappa shape index (κ3) is 2.45. The lowest BCUT2D eigenvalue weighted by Crippen LogP contribution is -2.19. The molecule has 0 bridgehead atoms. The van der Waals surface area contributed by atoms with Crippen molar-refractivity contribution in [2.75, 3.05) is 14.2 Å². The summed E-state index contributed by atoms with van der Waals surface area (Å²) in [6, 6.07) is 2.12. The molecule has 0 saturated heterocycles. The molecule has 4 heteroatoms. The van der Waals surface area contributed by atoms with E-state index >= 15 is 0 Å². The quantitative estimate of drug-likeness (QED) is 0.908. The van der Waals surface area contributed by atoms with Gasteiger partial charge in [0.15, 0.2) is 0 Å². The molecule has 1 atom stereocenters. The van der Waals surface area contributed by atoms with Gasteiger partial charge in [-0.15, -0.1) is 0 Å². The fourth-order valence-corrected chi connectivity index (χ4v) is 2.47. The van der Waals surface area contributed by atoms with Gasteiger partial charge < -0.3 is 10.1 Å². The summed E-state index contributed by atoms with van der Waals surface area (Å²) in [5.74, 6) is 0.823. The Morgan fingerprint density at radius 1 is 1.28 bits per heavy atom. The first-order chi connectivity index (χ1) is 8.49. The lowest BCUT2D eigenvalue weighted by Gasteiger charge is -2.23. The van der Waals surface area contributed by atoms with Crippen molar-refractivity contribution in [3.8, 4) is 11.8 Å². The van der Waals surface area contributed by atoms with Crippen LogP contribution in [0.15, 0.2) is 0 Å². The van der Waals surface area contributed by atoms with Gasteiger partial charge >= 0.3 is 0 Å². The van der Waals surface area contributed by atoms with Crippen LogP contribution in [0.25, 0.3) is 0 Å². The maximum Gasteiger partial charge on any atom is 0.127 e. The van der Waals surface area contributed by atoms with Gasteiger partial charge in [0, 0.05) is 16.6 Å². The second-order valence-corrected chi connectivity index (χ2v) is 4.72. The SMILES string of the molecule is CNC(CC#N)c1c(C)c(Cl)c(C)c(C)c1OC. The number of hydrogen-bond donors (Lipinski definition) is 1. The van der Waals surface area contributed by atoms with E-state index in [0.29, 0.717) is 6.42 Å². The lowest BCUT2D eigenvalue weighted by atomic mass is 9.92. The molecule has 0 aliphatic heterocycles. The Morgan fingerprint density at radius 3 is 2.33 bits per heavy atom. The largest absolute Gasteiger partial charge is 0.496 e. The van der Waals surface area contributed by atoms with Crippen molar-refractivity contribution in [2.45, 2.75) is 33.2 Å². The highest BCUT2D eigenvalue weighted by atomic mass is 35.5. The van der Waals surface area contributed by atoms with Crippen molar-refractivity contribution in [2.24, 2.45) is 0 Å². The molecule has 0 aliphatic carbocycles. The number of hydrogen-bond acceptors (Lipinski definition) is 3. The Hall–Kier alpha value is -1.24. The van der Waals surface area contributed by atoms with E-state index in [1.807, 2.05) is 27.8 Å². The topological polar surface area (TPSA) is 45.0 Å². The van der Waals surface area contributed by atoms with E-state index in [0.717, 1.165) is 33.0 Å². The normalized spacial score (nSPS) is 12.1. The van der Waals surface area contributed by atoms with Crippen molar-refractivity contribution in [3.63, 3.8) is 0 Å². The second-order valence-electron chi connectivity index (χ2n) is 4.34. The standard InChI is InChI=1S/C14H19ClN2O/c1-8-9(2)14(18-5)12(10(3)13(8)15)11(17-4)6-7-16/h11,17H,6H2,1-5H3. The van der Waals surface area contributed by atoms with Gasteiger partial charge in [-0.2, -0.15) is 5.26 Å². The van der Waals surface area contributed by atoms with Crippen molar-refractivity contribution < 1.29 is 4.74 Å². The minimum atomic E-state index is -0.0678. The van der Waals surface area contributed by atoms with Gasteiger partial charge in [0.2, 0.25) is 0 Å². The molecule has 0 fully saturated rings. The molecule has 0 radical (unpaired) electrons. The van der Waals surface area contributed by atoms with Crippen LogP contribution in [0.4, 0.5) is 0 Å². The number of methoxy groups -OCH3 is 1. The van der Waals surface area contributed by atoms with E-state index in [1.54, 1.807) is 7.11 Å². The Morgan fingerprint density at radius 2 is 1.89 bits per heavy atom. The molecule has 0 aromatic heterocycles. The molecule has 1 unspecified atom stereocenters. The number of nitrogens with one attached hydrogen (secondary N) is 1. The van der Waals surface area contributed by atoms with Crippen LogP contribution < -0.4 is 10.1 Å². The first-order valence-electron chi connectivity index (χ1n) is 5.86. The van der Waals surface area contributed by atoms with Crippen molar-refractivity contribution in [3.05, 3.63) is 27.3 Å². The molecule has 98 valence electrons. The highest BCUT2D eigenvalue weighted by Gasteiger charge is 2.22. The maximum atomic E-state index is 8.91. The predicted molar refractivity (Wildman–Crippen MR) is 74.2 cm³/mol. The lowest BCUT2D eigenvalue weighted by molar-refractivity contribution is 0.397. The van der Waals surface area contributed by atoms with Crippen LogP contribution >= 0.6 is 11.6 Å². The molecule has 1 rings (SSSR count). The van der Waals surface area contributed by atoms with E-state index < -0.39 is 0 Å². The van der Waals surface area contributed by atoms with Crippen LogP contribution in [0.5, 0.6) is 5.75 Å². The summed E-state index contributed by atoms with van der Waals surface area (Å²) in [6.07, 6.45) is 0.381. The molecule has 0 spiro atoms. The summed E-state index contributed by atoms with van der Waals surface area (Å²) in [6.45, 7) is 5.94. The molecule has 18 heavy (non-hydrogen) atoms. The Balaban J connectivity index is 3.55. The third-order valence-corrected chi connectivity index (χ3v) is 3.97. The molecule has 1 aromatic rings. The summed E-state index contributed by atoms with van der Waals surface area (Å²) in [5, 5.41) is 12.8. The number of nitrogens with zero attached hydrogens (tertiary/aromatic N) is 1. The monoisotopic (exact) mass is 266 g/mol. The van der Waals surface area contributed by atoms with Crippen molar-refractivity contribution in [1.29, 1.82) is 5.26 Å². The summed E-state index contributed by atoms with van der Waals surface area (Å²) >= 11 is 6.35. The van der Waals surface area contributed by atoms with Crippen LogP contribution in [0, 0.1) is 32.1 Å². The van der Waals surface area contributed by atoms with E-state index in [1.165, 1.54) is 0 Å². The Bertz CT molecular complexity index is 492. The van der Waals surface area contributed by atoms with Gasteiger partial charge in [-0.25, -0.2) is 0 Å². The van der Waals surface area contributed by atoms with Gasteiger partial charge in [0.1, 0.15) is 5.75 Å². The van der Waals surface area contributed by atoms with Crippen LogP contribution in [0.3, 0.4) is 0 Å². The van der Waals surface area contributed by atoms with Gasteiger partial charge in [-0.05, 0) is 44.5 Å². The molecule has 3 nitrogen and oxygen atoms in total. The highest BCUT2D eigenvalue weighted by molar-refractivity contribution is 6.32. The molecule has 0 saturated carbocycles. The van der Waals surface area contributed by atoms with Gasteiger partial charge in [-0.3, -0.25) is 0 Å². The van der Waals surface area contributed by atoms with Gasteiger partial charge in [0.05, 0.1) is 19.6 Å². The van der Waals surface area contributed by atoms with E-state index in [4.69, 9.17) is 21.6 Å². The zero-order valence-electron chi connectivity index (χ0n) is 11.5. The van der Waals surface area contributed by atoms with E-state index in [-0.39, 0.29) is 6.04 Å². The highest BCUT2D eigenvalue weighted by Crippen LogP contribution is 2.39. The first kappa shape index (κ1) is 14.8. The molecular weight excluding hydrogens is 248 g/mol. The molecule has 0 amide bonds. The fourth-order valence-electron chi connectivity index (χ4n) is 2.23. The van der Waals surface area contributed by atoms with E-state index in [2.05, 4.69) is 11.4 Å². The van der Waals surface area contributed by atoms with Crippen molar-refractivity contribution >= 4 is 11.6 Å². The molecule has 1 N–H and O–H groups in total. The second kappa shape index (κ2) is 6.08. The van der Waals surface area contributed by atoms with Crippen LogP contribution in [-0.2, 0) is 0 Å². The molecule has 1 aromatic carbocycles. The molecule has 0 aliphatic rings. The predicted octanol–water partition coefficient (Wildman–Crippen LogP) is 3.45. The average Bonchev–Trinajstić information content (AvgIpc) is 2.38. The van der Waals surface area contributed by atoms with Gasteiger partial charge in [-0.1, -0.05) is 11.6 Å². The molecular formula is C14H19ClN2O. The van der Waals surface area contributed by atoms with Crippen LogP contribution in [0.1, 0.15) is 34.7 Å². The smallest absolute Gasteiger partial charge is 0.127 e. The number of ether oxygens (including phenoxy) is 1. The minimum absolute atomic E-state index is 0.0678. The number of benzene rings is 1. The average molecular weight is 267 g/mol. The molecule has 0 heterocycles. The number of rotatable bonds is 4. The van der Waals surface area contributed by atoms with Gasteiger partial charge in [0.25, 0.3) is 0 Å². The number of halogens is 1. The maximum absolute atomic E-state index is 8.91. The zero-order chi connectivity index (χ0) is 13.9.